The molecule has 2 aliphatic rings. The second-order valence-electron chi connectivity index (χ2n) is 6.74. The van der Waals surface area contributed by atoms with Crippen LogP contribution in [0.1, 0.15) is 31.0 Å². The van der Waals surface area contributed by atoms with Crippen molar-refractivity contribution in [2.75, 3.05) is 13.7 Å². The van der Waals surface area contributed by atoms with E-state index in [1.165, 1.54) is 0 Å². The van der Waals surface area contributed by atoms with Gasteiger partial charge < -0.3 is 15.4 Å². The zero-order chi connectivity index (χ0) is 17.5. The van der Waals surface area contributed by atoms with Crippen LogP contribution in [0.25, 0.3) is 0 Å². The molecule has 1 aliphatic carbocycles. The molecule has 3 rings (SSSR count). The van der Waals surface area contributed by atoms with Crippen molar-refractivity contribution >= 4 is 17.3 Å². The normalized spacial score (nSPS) is 29.1. The maximum Gasteiger partial charge on any atom is 0.434 e. The Morgan fingerprint density at radius 1 is 1.50 bits per heavy atom. The van der Waals surface area contributed by atoms with Gasteiger partial charge in [0.15, 0.2) is 11.7 Å². The van der Waals surface area contributed by atoms with Gasteiger partial charge in [-0.1, -0.05) is 13.8 Å². The fraction of sp³-hybridized carbons (Fsp3) is 0.733. The number of halogens is 3. The number of hydrogen-bond donors (Lipinski definition) is 2. The second-order valence-corrected chi connectivity index (χ2v) is 7.68. The highest BCUT2D eigenvalue weighted by molar-refractivity contribution is 7.09. The van der Waals surface area contributed by atoms with E-state index in [2.05, 4.69) is 34.5 Å². The number of alkyl halides is 3. The third kappa shape index (κ3) is 3.11. The molecular weight excluding hydrogens is 341 g/mol. The van der Waals surface area contributed by atoms with Crippen LogP contribution in [0.5, 0.6) is 0 Å². The highest BCUT2D eigenvalue weighted by atomic mass is 32.1. The third-order valence-corrected chi connectivity index (χ3v) is 5.71. The Labute approximate surface area is 142 Å². The van der Waals surface area contributed by atoms with E-state index in [0.717, 1.165) is 29.7 Å². The van der Waals surface area contributed by atoms with Crippen LogP contribution in [0.4, 0.5) is 13.2 Å². The molecule has 1 aromatic rings. The molecule has 0 spiro atoms. The lowest BCUT2D eigenvalue weighted by Crippen LogP contribution is -2.67. The maximum absolute atomic E-state index is 12.6. The molecule has 1 saturated carbocycles. The Balaban J connectivity index is 1.57. The summed E-state index contributed by atoms with van der Waals surface area (Å²) in [6.07, 6.45) is -3.12. The fourth-order valence-corrected chi connectivity index (χ4v) is 4.38. The smallest absolute Gasteiger partial charge is 0.377 e. The van der Waals surface area contributed by atoms with Crippen LogP contribution in [0.3, 0.4) is 0 Å². The number of rotatable bonds is 3. The monoisotopic (exact) mass is 362 g/mol. The molecule has 0 radical (unpaired) electrons. The number of thiazole rings is 1. The van der Waals surface area contributed by atoms with Crippen molar-refractivity contribution in [1.29, 1.82) is 0 Å². The van der Waals surface area contributed by atoms with E-state index in [-0.39, 0.29) is 24.1 Å². The van der Waals surface area contributed by atoms with Crippen LogP contribution in [0, 0.1) is 11.3 Å². The van der Waals surface area contributed by atoms with Crippen molar-refractivity contribution < 1.29 is 17.9 Å². The van der Waals surface area contributed by atoms with E-state index < -0.39 is 11.9 Å². The average Bonchev–Trinajstić information content (AvgIpc) is 3.14. The average molecular weight is 362 g/mol. The highest BCUT2D eigenvalue weighted by Crippen LogP contribution is 2.52. The molecule has 134 valence electrons. The van der Waals surface area contributed by atoms with Crippen molar-refractivity contribution in [3.8, 4) is 0 Å². The third-order valence-electron chi connectivity index (χ3n) is 4.87. The van der Waals surface area contributed by atoms with Gasteiger partial charge in [0.2, 0.25) is 0 Å². The van der Waals surface area contributed by atoms with Crippen molar-refractivity contribution in [1.82, 2.24) is 15.6 Å². The first kappa shape index (κ1) is 17.5. The number of guanidine groups is 1. The second kappa shape index (κ2) is 6.18. The van der Waals surface area contributed by atoms with Crippen LogP contribution < -0.4 is 10.6 Å². The van der Waals surface area contributed by atoms with Crippen molar-refractivity contribution in [3.05, 3.63) is 16.1 Å². The van der Waals surface area contributed by atoms with Crippen molar-refractivity contribution in [2.24, 2.45) is 16.3 Å². The first-order chi connectivity index (χ1) is 11.2. The Hall–Kier alpha value is -1.35. The maximum atomic E-state index is 12.6. The van der Waals surface area contributed by atoms with Crippen LogP contribution in [0.2, 0.25) is 0 Å². The van der Waals surface area contributed by atoms with Crippen LogP contribution in [0.15, 0.2) is 10.4 Å². The fourth-order valence-electron chi connectivity index (χ4n) is 3.64. The van der Waals surface area contributed by atoms with E-state index in [9.17, 15) is 13.2 Å². The minimum Gasteiger partial charge on any atom is -0.377 e. The first-order valence-electron chi connectivity index (χ1n) is 7.84. The summed E-state index contributed by atoms with van der Waals surface area (Å²) in [4.78, 5) is 7.78. The zero-order valence-corrected chi connectivity index (χ0v) is 14.6. The molecule has 2 fully saturated rings. The standard InChI is InChI=1S/C15H21F3N4OS/c1-14(2)11(8-4-5-23-12(8)14)22-13(19-3)20-6-10-21-9(7-24-10)15(16,17)18/h7-8,11-12H,4-6H2,1-3H3,(H2,19,20,22). The van der Waals surface area contributed by atoms with Gasteiger partial charge >= 0.3 is 6.18 Å². The van der Waals surface area contributed by atoms with E-state index in [1.54, 1.807) is 7.05 Å². The highest BCUT2D eigenvalue weighted by Gasteiger charge is 2.59. The van der Waals surface area contributed by atoms with Crippen LogP contribution in [-0.4, -0.2) is 36.7 Å². The number of nitrogens with one attached hydrogen (secondary N) is 2. The van der Waals surface area contributed by atoms with E-state index in [4.69, 9.17) is 4.74 Å². The quantitative estimate of drug-likeness (QED) is 0.641. The summed E-state index contributed by atoms with van der Waals surface area (Å²) in [7, 11) is 1.65. The van der Waals surface area contributed by atoms with Gasteiger partial charge in [0, 0.05) is 36.4 Å². The summed E-state index contributed by atoms with van der Waals surface area (Å²) in [6, 6.07) is 0.234. The number of aliphatic imine (C=N–C) groups is 1. The van der Waals surface area contributed by atoms with Gasteiger partial charge in [0.1, 0.15) is 5.01 Å². The number of ether oxygens (including phenoxy) is 1. The number of fused-ring (bicyclic) bond motifs is 1. The molecule has 0 bridgehead atoms. The van der Waals surface area contributed by atoms with E-state index in [0.29, 0.717) is 16.9 Å². The predicted molar refractivity (Wildman–Crippen MR) is 85.9 cm³/mol. The number of hydrogen-bond acceptors (Lipinski definition) is 4. The summed E-state index contributed by atoms with van der Waals surface area (Å²) in [5, 5.41) is 7.84. The van der Waals surface area contributed by atoms with Gasteiger partial charge in [-0.2, -0.15) is 13.2 Å². The Morgan fingerprint density at radius 3 is 2.88 bits per heavy atom. The van der Waals surface area contributed by atoms with Crippen LogP contribution in [-0.2, 0) is 17.5 Å². The predicted octanol–water partition coefficient (Wildman–Crippen LogP) is 2.64. The van der Waals surface area contributed by atoms with E-state index in [1.807, 2.05) is 0 Å². The molecular formula is C15H21F3N4OS. The number of aromatic nitrogens is 1. The van der Waals surface area contributed by atoms with Gasteiger partial charge in [-0.15, -0.1) is 11.3 Å². The van der Waals surface area contributed by atoms with Gasteiger partial charge in [0.05, 0.1) is 12.6 Å². The van der Waals surface area contributed by atoms with Gasteiger partial charge in [0.25, 0.3) is 0 Å². The first-order valence-corrected chi connectivity index (χ1v) is 8.72. The minimum atomic E-state index is -4.40. The molecule has 3 atom stereocenters. The molecule has 0 amide bonds. The van der Waals surface area contributed by atoms with Crippen LogP contribution >= 0.6 is 11.3 Å². The summed E-state index contributed by atoms with van der Waals surface area (Å²) in [6.45, 7) is 5.29. The molecule has 1 aromatic heterocycles. The zero-order valence-electron chi connectivity index (χ0n) is 13.8. The summed E-state index contributed by atoms with van der Waals surface area (Å²) in [5.74, 6) is 1.03. The topological polar surface area (TPSA) is 58.5 Å². The van der Waals surface area contributed by atoms with Gasteiger partial charge in [-0.25, -0.2) is 4.98 Å². The summed E-state index contributed by atoms with van der Waals surface area (Å²) >= 11 is 0.986. The molecule has 1 saturated heterocycles. The Kier molecular flexibility index (Phi) is 4.50. The Morgan fingerprint density at radius 2 is 2.25 bits per heavy atom. The Bertz CT molecular complexity index is 628. The molecule has 0 aromatic carbocycles. The van der Waals surface area contributed by atoms with Crippen molar-refractivity contribution in [2.45, 2.75) is 45.1 Å². The molecule has 2 N–H and O–H groups in total. The molecule has 3 unspecified atom stereocenters. The molecule has 24 heavy (non-hydrogen) atoms. The largest absolute Gasteiger partial charge is 0.434 e. The molecule has 9 heteroatoms. The summed E-state index contributed by atoms with van der Waals surface area (Å²) < 4.78 is 43.5. The SMILES string of the molecule is CN=C(NCc1nc(C(F)(F)F)cs1)NC1C2CCOC2C1(C)C. The van der Waals surface area contributed by atoms with Crippen molar-refractivity contribution in [3.63, 3.8) is 0 Å². The lowest BCUT2D eigenvalue weighted by Gasteiger charge is -2.54. The van der Waals surface area contributed by atoms with E-state index >= 15 is 0 Å². The molecule has 1 aliphatic heterocycles. The lowest BCUT2D eigenvalue weighted by molar-refractivity contribution is -0.140. The minimum absolute atomic E-state index is 0.00340. The number of nitrogens with zero attached hydrogens (tertiary/aromatic N) is 2. The lowest BCUT2D eigenvalue weighted by atomic mass is 9.57. The van der Waals surface area contributed by atoms with Gasteiger partial charge in [-0.05, 0) is 6.42 Å². The van der Waals surface area contributed by atoms with Gasteiger partial charge in [-0.3, -0.25) is 4.99 Å². The molecule has 5 nitrogen and oxygen atoms in total. The summed E-state index contributed by atoms with van der Waals surface area (Å²) in [5.41, 5.74) is -0.845. The molecule has 2 heterocycles.